The average molecular weight is 445 g/mol. The summed E-state index contributed by atoms with van der Waals surface area (Å²) >= 11 is 0. The zero-order valence-electron chi connectivity index (χ0n) is 15.4. The molecule has 0 radical (unpaired) electrons. The van der Waals surface area contributed by atoms with Crippen molar-refractivity contribution in [3.63, 3.8) is 0 Å². The van der Waals surface area contributed by atoms with E-state index in [-0.39, 0.29) is 5.56 Å². The van der Waals surface area contributed by atoms with Crippen LogP contribution in [0.15, 0.2) is 36.5 Å². The van der Waals surface area contributed by atoms with E-state index in [4.69, 9.17) is 11.1 Å². The Bertz CT molecular complexity index is 1030. The Morgan fingerprint density at radius 2 is 1.84 bits per heavy atom. The number of nitrogens with zero attached hydrogens (tertiary/aromatic N) is 3. The SMILES string of the molecule is N#Cc1ccc(N(CC(=O)c2cccnc2C(=O)NN)CC(F)(F)F)cc1C(F)(F)F. The molecule has 1 amide bonds. The largest absolute Gasteiger partial charge is 0.417 e. The maximum atomic E-state index is 13.2. The number of carbonyl (C=O) groups is 2. The van der Waals surface area contributed by atoms with Gasteiger partial charge in [0.1, 0.15) is 12.2 Å². The highest BCUT2D eigenvalue weighted by Gasteiger charge is 2.36. The molecule has 1 aromatic heterocycles. The number of hydrogen-bond donors (Lipinski definition) is 2. The molecule has 0 spiro atoms. The molecule has 0 aliphatic rings. The Morgan fingerprint density at radius 3 is 2.39 bits per heavy atom. The maximum absolute atomic E-state index is 13.2. The van der Waals surface area contributed by atoms with Gasteiger partial charge >= 0.3 is 12.4 Å². The van der Waals surface area contributed by atoms with Gasteiger partial charge in [0.15, 0.2) is 5.78 Å². The molecule has 0 aliphatic carbocycles. The third-order valence-electron chi connectivity index (χ3n) is 3.95. The summed E-state index contributed by atoms with van der Waals surface area (Å²) in [7, 11) is 0. The standard InChI is InChI=1S/C18H13F6N5O2/c19-17(20,21)9-29(11-4-3-10(7-25)13(6-11)18(22,23)24)8-14(30)12-2-1-5-27-15(12)16(31)28-26/h1-6H,8-9,26H2,(H,28,31). The number of alkyl halides is 6. The molecule has 164 valence electrons. The summed E-state index contributed by atoms with van der Waals surface area (Å²) in [4.78, 5) is 28.4. The van der Waals surface area contributed by atoms with Crippen molar-refractivity contribution in [1.29, 1.82) is 5.26 Å². The van der Waals surface area contributed by atoms with Gasteiger partial charge in [0.2, 0.25) is 0 Å². The van der Waals surface area contributed by atoms with Gasteiger partial charge in [0.25, 0.3) is 5.91 Å². The Hall–Kier alpha value is -3.66. The normalized spacial score (nSPS) is 11.5. The Balaban J connectivity index is 2.49. The van der Waals surface area contributed by atoms with Crippen LogP contribution in [0, 0.1) is 11.3 Å². The molecule has 0 atom stereocenters. The zero-order chi connectivity index (χ0) is 23.4. The van der Waals surface area contributed by atoms with Crippen molar-refractivity contribution in [3.05, 3.63) is 58.9 Å². The summed E-state index contributed by atoms with van der Waals surface area (Å²) in [5.74, 6) is 2.99. The molecule has 13 heteroatoms. The summed E-state index contributed by atoms with van der Waals surface area (Å²) in [5, 5.41) is 8.84. The summed E-state index contributed by atoms with van der Waals surface area (Å²) in [6.07, 6.45) is -8.74. The lowest BCUT2D eigenvalue weighted by Crippen LogP contribution is -2.39. The zero-order valence-corrected chi connectivity index (χ0v) is 15.4. The molecule has 0 aliphatic heterocycles. The molecule has 2 rings (SSSR count). The number of halogens is 6. The molecule has 0 saturated heterocycles. The number of pyridine rings is 1. The average Bonchev–Trinajstić information content (AvgIpc) is 2.70. The van der Waals surface area contributed by atoms with Crippen LogP contribution >= 0.6 is 0 Å². The second-order valence-corrected chi connectivity index (χ2v) is 6.11. The number of benzene rings is 1. The molecule has 7 nitrogen and oxygen atoms in total. The first-order valence-electron chi connectivity index (χ1n) is 8.29. The molecule has 0 bridgehead atoms. The Morgan fingerprint density at radius 1 is 1.16 bits per heavy atom. The van der Waals surface area contributed by atoms with Gasteiger partial charge in [-0.3, -0.25) is 20.0 Å². The molecule has 1 aromatic carbocycles. The van der Waals surface area contributed by atoms with Gasteiger partial charge in [-0.2, -0.15) is 31.6 Å². The van der Waals surface area contributed by atoms with E-state index in [9.17, 15) is 35.9 Å². The molecule has 2 aromatic rings. The molecule has 3 N–H and O–H groups in total. The summed E-state index contributed by atoms with van der Waals surface area (Å²) < 4.78 is 78.8. The summed E-state index contributed by atoms with van der Waals surface area (Å²) in [6, 6.07) is 5.61. The van der Waals surface area contributed by atoms with E-state index in [1.54, 1.807) is 5.43 Å². The molecule has 31 heavy (non-hydrogen) atoms. The van der Waals surface area contributed by atoms with Gasteiger partial charge in [-0.1, -0.05) is 0 Å². The van der Waals surface area contributed by atoms with Gasteiger partial charge in [-0.05, 0) is 30.3 Å². The number of amides is 1. The van der Waals surface area contributed by atoms with Crippen molar-refractivity contribution in [3.8, 4) is 6.07 Å². The van der Waals surface area contributed by atoms with Crippen molar-refractivity contribution in [1.82, 2.24) is 10.4 Å². The number of nitrogens with two attached hydrogens (primary N) is 1. The Kier molecular flexibility index (Phi) is 6.86. The van der Waals surface area contributed by atoms with Crippen molar-refractivity contribution < 1.29 is 35.9 Å². The number of hydrazine groups is 1. The molecule has 1 heterocycles. The predicted octanol–water partition coefficient (Wildman–Crippen LogP) is 2.83. The number of nitrogen functional groups attached to an aromatic ring is 1. The number of nitriles is 1. The minimum Gasteiger partial charge on any atom is -0.355 e. The van der Waals surface area contributed by atoms with E-state index in [0.29, 0.717) is 17.0 Å². The minimum atomic E-state index is -5.01. The number of nitrogens with one attached hydrogen (secondary N) is 1. The first-order valence-corrected chi connectivity index (χ1v) is 8.29. The monoisotopic (exact) mass is 445 g/mol. The van der Waals surface area contributed by atoms with Crippen LogP contribution in [-0.4, -0.2) is 35.9 Å². The third-order valence-corrected chi connectivity index (χ3v) is 3.95. The quantitative estimate of drug-likeness (QED) is 0.233. The van der Waals surface area contributed by atoms with Crippen molar-refractivity contribution in [2.24, 2.45) is 5.84 Å². The van der Waals surface area contributed by atoms with Crippen LogP contribution in [0.4, 0.5) is 32.0 Å². The van der Waals surface area contributed by atoms with Crippen LogP contribution in [0.25, 0.3) is 0 Å². The molecule has 0 unspecified atom stereocenters. The van der Waals surface area contributed by atoms with E-state index in [1.807, 2.05) is 0 Å². The smallest absolute Gasteiger partial charge is 0.355 e. The van der Waals surface area contributed by atoms with E-state index in [1.165, 1.54) is 12.1 Å². The number of aromatic nitrogens is 1. The number of ketones is 1. The highest BCUT2D eigenvalue weighted by atomic mass is 19.4. The maximum Gasteiger partial charge on any atom is 0.417 e. The number of carbonyl (C=O) groups excluding carboxylic acids is 2. The topological polar surface area (TPSA) is 112 Å². The van der Waals surface area contributed by atoms with Crippen molar-refractivity contribution >= 4 is 17.4 Å². The van der Waals surface area contributed by atoms with E-state index < -0.39 is 59.6 Å². The van der Waals surface area contributed by atoms with Crippen LogP contribution in [0.2, 0.25) is 0 Å². The second-order valence-electron chi connectivity index (χ2n) is 6.11. The Labute approximate surface area is 171 Å². The summed E-state index contributed by atoms with van der Waals surface area (Å²) in [6.45, 7) is -2.79. The van der Waals surface area contributed by atoms with Crippen molar-refractivity contribution in [2.45, 2.75) is 12.4 Å². The first kappa shape index (κ1) is 23.6. The highest BCUT2D eigenvalue weighted by Crippen LogP contribution is 2.35. The van der Waals surface area contributed by atoms with Crippen LogP contribution < -0.4 is 16.2 Å². The van der Waals surface area contributed by atoms with Gasteiger partial charge in [-0.15, -0.1) is 0 Å². The van der Waals surface area contributed by atoms with Crippen LogP contribution in [0.3, 0.4) is 0 Å². The van der Waals surface area contributed by atoms with E-state index >= 15 is 0 Å². The van der Waals surface area contributed by atoms with Gasteiger partial charge in [-0.25, -0.2) is 5.84 Å². The fourth-order valence-electron chi connectivity index (χ4n) is 2.65. The molecule has 0 saturated carbocycles. The van der Waals surface area contributed by atoms with E-state index in [2.05, 4.69) is 4.98 Å². The minimum absolute atomic E-state index is 0.355. The second kappa shape index (κ2) is 9.00. The third kappa shape index (κ3) is 5.92. The predicted molar refractivity (Wildman–Crippen MR) is 94.6 cm³/mol. The first-order chi connectivity index (χ1) is 14.4. The van der Waals surface area contributed by atoms with Gasteiger partial charge in [0.05, 0.1) is 29.3 Å². The highest BCUT2D eigenvalue weighted by molar-refractivity contribution is 6.08. The number of anilines is 1. The number of Topliss-reactive ketones (excluding diaryl/α,β-unsaturated/α-hetero) is 1. The van der Waals surface area contributed by atoms with Gasteiger partial charge < -0.3 is 4.90 Å². The summed E-state index contributed by atoms with van der Waals surface area (Å²) in [5.41, 5.74) is -1.93. The molecular formula is C18H13F6N5O2. The van der Waals surface area contributed by atoms with Crippen molar-refractivity contribution in [2.75, 3.05) is 18.0 Å². The van der Waals surface area contributed by atoms with E-state index in [0.717, 1.165) is 18.3 Å². The lowest BCUT2D eigenvalue weighted by Gasteiger charge is -2.26. The lowest BCUT2D eigenvalue weighted by atomic mass is 10.0. The fourth-order valence-corrected chi connectivity index (χ4v) is 2.65. The van der Waals surface area contributed by atoms with Gasteiger partial charge in [0, 0.05) is 11.9 Å². The van der Waals surface area contributed by atoms with Crippen LogP contribution in [-0.2, 0) is 6.18 Å². The molecule has 0 fully saturated rings. The molecular weight excluding hydrogens is 432 g/mol. The number of rotatable bonds is 6. The number of hydrogen-bond acceptors (Lipinski definition) is 6. The van der Waals surface area contributed by atoms with Crippen LogP contribution in [0.1, 0.15) is 32.0 Å². The lowest BCUT2D eigenvalue weighted by molar-refractivity contribution is -0.137. The fraction of sp³-hybridized carbons (Fsp3) is 0.222. The van der Waals surface area contributed by atoms with Crippen LogP contribution in [0.5, 0.6) is 0 Å².